The number of carbonyl (C=O) groups is 1. The molecule has 6 heteroatoms. The molecule has 0 radical (unpaired) electrons. The molecule has 0 rings (SSSR count). The van der Waals surface area contributed by atoms with Crippen molar-refractivity contribution >= 4 is 11.9 Å². The summed E-state index contributed by atoms with van der Waals surface area (Å²) in [6, 6.07) is -0.297. The van der Waals surface area contributed by atoms with Crippen LogP contribution in [0, 0.1) is 0 Å². The third-order valence-electron chi connectivity index (χ3n) is 1.64. The lowest BCUT2D eigenvalue weighted by Crippen LogP contribution is -2.39. The molecule has 13 heavy (non-hydrogen) atoms. The molecule has 0 aromatic heterocycles. The molecule has 0 heterocycles. The lowest BCUT2D eigenvalue weighted by molar-refractivity contribution is -0.120. The third-order valence-corrected chi connectivity index (χ3v) is 1.64. The van der Waals surface area contributed by atoms with Gasteiger partial charge in [0.2, 0.25) is 5.91 Å². The van der Waals surface area contributed by atoms with Crippen LogP contribution in [0.4, 0.5) is 0 Å². The topological polar surface area (TPSA) is 120 Å². The number of guanidine groups is 1. The number of carbonyl (C=O) groups excluding carboxylic acids is 1. The van der Waals surface area contributed by atoms with Crippen molar-refractivity contribution in [3.05, 3.63) is 0 Å². The van der Waals surface area contributed by atoms with Crippen molar-refractivity contribution in [3.8, 4) is 0 Å². The number of aliphatic imine (C=N–C) groups is 1. The smallest absolute Gasteiger partial charge is 0.234 e. The lowest BCUT2D eigenvalue weighted by atomic mass is 10.1. The molecule has 6 nitrogen and oxygen atoms in total. The number of amides is 1. The van der Waals surface area contributed by atoms with Crippen LogP contribution in [-0.4, -0.2) is 31.5 Å². The van der Waals surface area contributed by atoms with E-state index in [2.05, 4.69) is 10.3 Å². The fraction of sp³-hybridized carbons (Fsp3) is 0.714. The van der Waals surface area contributed by atoms with Crippen molar-refractivity contribution in [1.29, 1.82) is 0 Å². The van der Waals surface area contributed by atoms with E-state index >= 15 is 0 Å². The molecule has 0 fully saturated rings. The highest BCUT2D eigenvalue weighted by Crippen LogP contribution is 1.96. The Bertz CT molecular complexity index is 187. The molecule has 76 valence electrons. The minimum absolute atomic E-state index is 0.0695. The molecule has 0 aromatic carbocycles. The van der Waals surface area contributed by atoms with Gasteiger partial charge in [-0.3, -0.25) is 9.79 Å². The SMILES string of the molecule is CNC(CCCN=C(N)N)C(N)=O. The van der Waals surface area contributed by atoms with Crippen molar-refractivity contribution in [1.82, 2.24) is 5.32 Å². The van der Waals surface area contributed by atoms with Crippen molar-refractivity contribution in [3.63, 3.8) is 0 Å². The molecule has 1 unspecified atom stereocenters. The monoisotopic (exact) mass is 187 g/mol. The Labute approximate surface area is 77.6 Å². The summed E-state index contributed by atoms with van der Waals surface area (Å²) in [6.45, 7) is 0.522. The Balaban J connectivity index is 3.62. The van der Waals surface area contributed by atoms with Crippen LogP contribution in [0.15, 0.2) is 4.99 Å². The standard InChI is InChI=1S/C7H17N5O/c1-11-5(6(8)13)3-2-4-12-7(9)10/h5,11H,2-4H2,1H3,(H2,8,13)(H4,9,10,12). The summed E-state index contributed by atoms with van der Waals surface area (Å²) < 4.78 is 0. The number of nitrogens with zero attached hydrogens (tertiary/aromatic N) is 1. The second kappa shape index (κ2) is 6.24. The van der Waals surface area contributed by atoms with Gasteiger partial charge in [-0.1, -0.05) is 0 Å². The molecule has 0 saturated carbocycles. The number of hydrogen-bond donors (Lipinski definition) is 4. The van der Waals surface area contributed by atoms with Gasteiger partial charge in [0.1, 0.15) is 0 Å². The summed E-state index contributed by atoms with van der Waals surface area (Å²) in [6.07, 6.45) is 1.37. The van der Waals surface area contributed by atoms with Crippen LogP contribution in [0.1, 0.15) is 12.8 Å². The van der Waals surface area contributed by atoms with Crippen molar-refractivity contribution < 1.29 is 4.79 Å². The summed E-state index contributed by atoms with van der Waals surface area (Å²) in [5.74, 6) is -0.285. The van der Waals surface area contributed by atoms with Crippen LogP contribution in [0.3, 0.4) is 0 Å². The molecule has 1 atom stereocenters. The Kier molecular flexibility index (Phi) is 5.62. The Morgan fingerprint density at radius 3 is 2.46 bits per heavy atom. The van der Waals surface area contributed by atoms with Crippen LogP contribution in [0.2, 0.25) is 0 Å². The zero-order chi connectivity index (χ0) is 10.3. The molecule has 0 aliphatic heterocycles. The van der Waals surface area contributed by atoms with E-state index in [0.717, 1.165) is 6.42 Å². The fourth-order valence-corrected chi connectivity index (χ4v) is 0.932. The van der Waals surface area contributed by atoms with E-state index in [9.17, 15) is 4.79 Å². The average Bonchev–Trinajstić information content (AvgIpc) is 2.03. The summed E-state index contributed by atoms with van der Waals surface area (Å²) in [5, 5.41) is 2.80. The first-order valence-corrected chi connectivity index (χ1v) is 4.10. The van der Waals surface area contributed by atoms with Crippen LogP contribution < -0.4 is 22.5 Å². The minimum Gasteiger partial charge on any atom is -0.370 e. The number of nitrogens with one attached hydrogen (secondary N) is 1. The zero-order valence-electron chi connectivity index (χ0n) is 7.79. The first-order valence-electron chi connectivity index (χ1n) is 4.10. The maximum atomic E-state index is 10.7. The van der Waals surface area contributed by atoms with Gasteiger partial charge in [0.15, 0.2) is 5.96 Å². The van der Waals surface area contributed by atoms with E-state index in [1.807, 2.05) is 0 Å². The highest BCUT2D eigenvalue weighted by molar-refractivity contribution is 5.79. The normalized spacial score (nSPS) is 12.1. The van der Waals surface area contributed by atoms with Gasteiger partial charge in [-0.05, 0) is 19.9 Å². The second-order valence-corrected chi connectivity index (χ2v) is 2.69. The predicted octanol–water partition coefficient (Wildman–Crippen LogP) is -1.89. The van der Waals surface area contributed by atoms with E-state index in [4.69, 9.17) is 17.2 Å². The first kappa shape index (κ1) is 11.7. The molecular formula is C7H17N5O. The molecule has 0 saturated heterocycles. The predicted molar refractivity (Wildman–Crippen MR) is 52.0 cm³/mol. The Morgan fingerprint density at radius 1 is 1.46 bits per heavy atom. The minimum atomic E-state index is -0.354. The van der Waals surface area contributed by atoms with Gasteiger partial charge in [0.05, 0.1) is 6.04 Å². The van der Waals surface area contributed by atoms with E-state index in [1.54, 1.807) is 7.05 Å². The zero-order valence-corrected chi connectivity index (χ0v) is 7.79. The molecular weight excluding hydrogens is 170 g/mol. The van der Waals surface area contributed by atoms with Gasteiger partial charge in [0, 0.05) is 6.54 Å². The number of likely N-dealkylation sites (N-methyl/N-ethyl adjacent to an activating group) is 1. The number of rotatable bonds is 6. The van der Waals surface area contributed by atoms with Crippen LogP contribution in [-0.2, 0) is 4.79 Å². The molecule has 0 bridgehead atoms. The molecule has 0 aliphatic rings. The Morgan fingerprint density at radius 2 is 2.08 bits per heavy atom. The van der Waals surface area contributed by atoms with Gasteiger partial charge >= 0.3 is 0 Å². The maximum absolute atomic E-state index is 10.7. The maximum Gasteiger partial charge on any atom is 0.234 e. The first-order chi connectivity index (χ1) is 6.07. The molecule has 1 amide bonds. The highest BCUT2D eigenvalue weighted by atomic mass is 16.1. The quantitative estimate of drug-likeness (QED) is 0.221. The summed E-state index contributed by atoms with van der Waals surface area (Å²) in [7, 11) is 1.69. The van der Waals surface area contributed by atoms with Crippen LogP contribution >= 0.6 is 0 Å². The van der Waals surface area contributed by atoms with Crippen LogP contribution in [0.5, 0.6) is 0 Å². The summed E-state index contributed by atoms with van der Waals surface area (Å²) in [5.41, 5.74) is 15.3. The summed E-state index contributed by atoms with van der Waals surface area (Å²) >= 11 is 0. The van der Waals surface area contributed by atoms with Crippen molar-refractivity contribution in [2.24, 2.45) is 22.2 Å². The molecule has 0 aromatic rings. The molecule has 7 N–H and O–H groups in total. The van der Waals surface area contributed by atoms with E-state index in [-0.39, 0.29) is 17.9 Å². The Hall–Kier alpha value is -1.30. The third kappa shape index (κ3) is 5.92. The van der Waals surface area contributed by atoms with Crippen LogP contribution in [0.25, 0.3) is 0 Å². The lowest BCUT2D eigenvalue weighted by Gasteiger charge is -2.10. The van der Waals surface area contributed by atoms with Gasteiger partial charge in [0.25, 0.3) is 0 Å². The highest BCUT2D eigenvalue weighted by Gasteiger charge is 2.10. The second-order valence-electron chi connectivity index (χ2n) is 2.69. The van der Waals surface area contributed by atoms with E-state index in [0.29, 0.717) is 13.0 Å². The van der Waals surface area contributed by atoms with E-state index < -0.39 is 0 Å². The van der Waals surface area contributed by atoms with Gasteiger partial charge in [-0.2, -0.15) is 0 Å². The van der Waals surface area contributed by atoms with E-state index in [1.165, 1.54) is 0 Å². The number of primary amides is 1. The van der Waals surface area contributed by atoms with Crippen molar-refractivity contribution in [2.45, 2.75) is 18.9 Å². The van der Waals surface area contributed by atoms with Crippen molar-refractivity contribution in [2.75, 3.05) is 13.6 Å². The van der Waals surface area contributed by atoms with Gasteiger partial charge in [-0.25, -0.2) is 0 Å². The largest absolute Gasteiger partial charge is 0.370 e. The van der Waals surface area contributed by atoms with Gasteiger partial charge < -0.3 is 22.5 Å². The fourth-order valence-electron chi connectivity index (χ4n) is 0.932. The number of nitrogens with two attached hydrogens (primary N) is 3. The molecule has 0 spiro atoms. The van der Waals surface area contributed by atoms with Gasteiger partial charge in [-0.15, -0.1) is 0 Å². The molecule has 0 aliphatic carbocycles. The summed E-state index contributed by atoms with van der Waals surface area (Å²) in [4.78, 5) is 14.5. The average molecular weight is 187 g/mol. The number of hydrogen-bond acceptors (Lipinski definition) is 3.